The lowest BCUT2D eigenvalue weighted by atomic mass is 9.99. The molecule has 1 heterocycles. The predicted molar refractivity (Wildman–Crippen MR) is 107 cm³/mol. The lowest BCUT2D eigenvalue weighted by molar-refractivity contribution is -0.102. The second-order valence-corrected chi connectivity index (χ2v) is 5.57. The van der Waals surface area contributed by atoms with Crippen LogP contribution in [0.5, 0.6) is 0 Å². The van der Waals surface area contributed by atoms with Crippen LogP contribution < -0.4 is 5.32 Å². The van der Waals surface area contributed by atoms with Gasteiger partial charge in [-0.1, -0.05) is 28.5 Å². The molecule has 0 aliphatic heterocycles. The molecule has 144 valence electrons. The van der Waals surface area contributed by atoms with Crippen LogP contribution >= 0.6 is 0 Å². The molecule has 0 radical (unpaired) electrons. The van der Waals surface area contributed by atoms with E-state index in [1.165, 1.54) is 7.11 Å². The third-order valence-corrected chi connectivity index (χ3v) is 3.48. The van der Waals surface area contributed by atoms with Gasteiger partial charge in [0.2, 0.25) is 0 Å². The number of benzene rings is 1. The third kappa shape index (κ3) is 6.99. The first-order valence-corrected chi connectivity index (χ1v) is 8.39. The van der Waals surface area contributed by atoms with Gasteiger partial charge in [0.15, 0.2) is 6.29 Å². The van der Waals surface area contributed by atoms with E-state index in [4.69, 9.17) is 9.68 Å². The molecule has 0 fully saturated rings. The van der Waals surface area contributed by atoms with Gasteiger partial charge in [0, 0.05) is 29.1 Å². The maximum absolute atomic E-state index is 11.2. The summed E-state index contributed by atoms with van der Waals surface area (Å²) in [4.78, 5) is 25.5. The van der Waals surface area contributed by atoms with Gasteiger partial charge in [0.25, 0.3) is 0 Å². The SMILES string of the molecule is CNC.CO/N=C(/C=O)c1cccc(C)c1CO/N=C(\C)c1cccnc1. The van der Waals surface area contributed by atoms with Crippen molar-refractivity contribution in [2.45, 2.75) is 20.5 Å². The summed E-state index contributed by atoms with van der Waals surface area (Å²) in [6.07, 6.45) is 4.08. The summed E-state index contributed by atoms with van der Waals surface area (Å²) in [5.41, 5.74) is 4.31. The number of rotatable bonds is 7. The van der Waals surface area contributed by atoms with Crippen LogP contribution in [0.4, 0.5) is 0 Å². The number of pyridine rings is 1. The number of aromatic nitrogens is 1. The van der Waals surface area contributed by atoms with Crippen LogP contribution in [0.15, 0.2) is 53.0 Å². The number of carbonyl (C=O) groups is 1. The highest BCUT2D eigenvalue weighted by Gasteiger charge is 2.12. The fourth-order valence-corrected chi connectivity index (χ4v) is 2.19. The summed E-state index contributed by atoms with van der Waals surface area (Å²) in [5.74, 6) is 0. The Balaban J connectivity index is 0.00000114. The molecule has 0 aliphatic carbocycles. The standard InChI is InChI=1S/C18H19N3O3.C2H7N/c1-13-6-4-8-16(18(11-22)21-23-3)17(13)12-24-20-14(2)15-7-5-9-19-10-15;1-3-2/h4-11H,12H2,1-3H3;3H,1-2H3/b20-14+,21-18-;. The van der Waals surface area contributed by atoms with Crippen LogP contribution in [0.3, 0.4) is 0 Å². The summed E-state index contributed by atoms with van der Waals surface area (Å²) >= 11 is 0. The Kier molecular flexibility index (Phi) is 10.0. The number of carbonyl (C=O) groups excluding carboxylic acids is 1. The third-order valence-electron chi connectivity index (χ3n) is 3.48. The molecule has 0 saturated heterocycles. The summed E-state index contributed by atoms with van der Waals surface area (Å²) in [7, 11) is 5.15. The van der Waals surface area contributed by atoms with Crippen LogP contribution in [0.1, 0.15) is 29.2 Å². The van der Waals surface area contributed by atoms with Gasteiger partial charge >= 0.3 is 0 Å². The van der Waals surface area contributed by atoms with Crippen molar-refractivity contribution in [2.24, 2.45) is 10.3 Å². The summed E-state index contributed by atoms with van der Waals surface area (Å²) in [6, 6.07) is 9.34. The molecule has 1 aromatic carbocycles. The molecule has 1 N–H and O–H groups in total. The normalized spacial score (nSPS) is 11.3. The first kappa shape index (κ1) is 22.0. The van der Waals surface area contributed by atoms with Crippen molar-refractivity contribution in [3.05, 3.63) is 65.0 Å². The van der Waals surface area contributed by atoms with Crippen molar-refractivity contribution in [1.29, 1.82) is 0 Å². The Bertz CT molecular complexity index is 774. The molecule has 0 unspecified atom stereocenters. The Morgan fingerprint density at radius 3 is 2.56 bits per heavy atom. The van der Waals surface area contributed by atoms with Crippen LogP contribution in [0.25, 0.3) is 0 Å². The van der Waals surface area contributed by atoms with E-state index in [0.29, 0.717) is 11.8 Å². The predicted octanol–water partition coefficient (Wildman–Crippen LogP) is 2.72. The zero-order chi connectivity index (χ0) is 20.1. The van der Waals surface area contributed by atoms with Gasteiger partial charge in [0.1, 0.15) is 19.4 Å². The maximum atomic E-state index is 11.2. The van der Waals surface area contributed by atoms with E-state index in [0.717, 1.165) is 22.4 Å². The first-order valence-electron chi connectivity index (χ1n) is 8.39. The molecule has 2 rings (SSSR count). The van der Waals surface area contributed by atoms with E-state index in [1.54, 1.807) is 18.5 Å². The molecular weight excluding hydrogens is 344 g/mol. The smallest absolute Gasteiger partial charge is 0.172 e. The largest absolute Gasteiger partial charge is 0.399 e. The van der Waals surface area contributed by atoms with Crippen LogP contribution in [-0.4, -0.2) is 43.9 Å². The van der Waals surface area contributed by atoms with Gasteiger partial charge < -0.3 is 15.0 Å². The highest BCUT2D eigenvalue weighted by molar-refractivity contribution is 6.36. The molecule has 1 aromatic heterocycles. The average molecular weight is 370 g/mol. The lowest BCUT2D eigenvalue weighted by Crippen LogP contribution is -2.09. The summed E-state index contributed by atoms with van der Waals surface area (Å²) in [6.45, 7) is 4.00. The van der Waals surface area contributed by atoms with Gasteiger partial charge in [-0.15, -0.1) is 0 Å². The number of hydrogen-bond donors (Lipinski definition) is 1. The minimum atomic E-state index is 0.216. The number of aryl methyl sites for hydroxylation is 1. The molecule has 0 amide bonds. The fourth-order valence-electron chi connectivity index (χ4n) is 2.19. The van der Waals surface area contributed by atoms with E-state index in [9.17, 15) is 4.79 Å². The molecule has 7 heteroatoms. The van der Waals surface area contributed by atoms with E-state index < -0.39 is 0 Å². The highest BCUT2D eigenvalue weighted by Crippen LogP contribution is 2.17. The van der Waals surface area contributed by atoms with Crippen molar-refractivity contribution in [2.75, 3.05) is 21.2 Å². The quantitative estimate of drug-likeness (QED) is 0.460. The van der Waals surface area contributed by atoms with Crippen LogP contribution in [0.2, 0.25) is 0 Å². The van der Waals surface area contributed by atoms with E-state index in [2.05, 4.69) is 20.6 Å². The van der Waals surface area contributed by atoms with Gasteiger partial charge in [-0.2, -0.15) is 0 Å². The Hall–Kier alpha value is -3.06. The van der Waals surface area contributed by atoms with Crippen molar-refractivity contribution in [3.63, 3.8) is 0 Å². The monoisotopic (exact) mass is 370 g/mol. The van der Waals surface area contributed by atoms with Gasteiger partial charge in [-0.3, -0.25) is 9.78 Å². The van der Waals surface area contributed by atoms with E-state index in [1.807, 2.05) is 52.2 Å². The van der Waals surface area contributed by atoms with Crippen molar-refractivity contribution in [3.8, 4) is 0 Å². The Morgan fingerprint density at radius 2 is 1.96 bits per heavy atom. The second kappa shape index (κ2) is 12.3. The topological polar surface area (TPSA) is 85.2 Å². The molecule has 0 spiro atoms. The number of hydrogen-bond acceptors (Lipinski definition) is 7. The Labute approximate surface area is 160 Å². The molecule has 0 atom stereocenters. The Morgan fingerprint density at radius 1 is 1.22 bits per heavy atom. The molecule has 0 bridgehead atoms. The minimum Gasteiger partial charge on any atom is -0.399 e. The highest BCUT2D eigenvalue weighted by atomic mass is 16.6. The molecular formula is C20H26N4O3. The van der Waals surface area contributed by atoms with Gasteiger partial charge in [-0.05, 0) is 45.6 Å². The average Bonchev–Trinajstić information content (AvgIpc) is 2.68. The van der Waals surface area contributed by atoms with Crippen LogP contribution in [0, 0.1) is 6.92 Å². The number of oxime groups is 2. The molecule has 27 heavy (non-hydrogen) atoms. The summed E-state index contributed by atoms with van der Waals surface area (Å²) in [5, 5.41) is 10.6. The number of nitrogens with one attached hydrogen (secondary N) is 1. The van der Waals surface area contributed by atoms with Gasteiger partial charge in [0.05, 0.1) is 5.71 Å². The maximum Gasteiger partial charge on any atom is 0.172 e. The lowest BCUT2D eigenvalue weighted by Gasteiger charge is -2.11. The molecule has 0 aliphatic rings. The zero-order valence-electron chi connectivity index (χ0n) is 16.4. The zero-order valence-corrected chi connectivity index (χ0v) is 16.4. The van der Waals surface area contributed by atoms with Gasteiger partial charge in [-0.25, -0.2) is 0 Å². The minimum absolute atomic E-state index is 0.216. The summed E-state index contributed by atoms with van der Waals surface area (Å²) < 4.78 is 0. The fraction of sp³-hybridized carbons (Fsp3) is 0.300. The first-order chi connectivity index (χ1) is 13.1. The van der Waals surface area contributed by atoms with Crippen molar-refractivity contribution in [1.82, 2.24) is 10.3 Å². The van der Waals surface area contributed by atoms with E-state index in [-0.39, 0.29) is 12.3 Å². The van der Waals surface area contributed by atoms with Crippen LogP contribution in [-0.2, 0) is 21.1 Å². The second-order valence-electron chi connectivity index (χ2n) is 5.57. The van der Waals surface area contributed by atoms with Crippen molar-refractivity contribution < 1.29 is 14.5 Å². The number of nitrogens with zero attached hydrogens (tertiary/aromatic N) is 3. The van der Waals surface area contributed by atoms with E-state index >= 15 is 0 Å². The molecule has 2 aromatic rings. The molecule has 7 nitrogen and oxygen atoms in total. The van der Waals surface area contributed by atoms with Crippen molar-refractivity contribution >= 4 is 17.7 Å². The molecule has 0 saturated carbocycles. The number of aldehydes is 1.